The maximum atomic E-state index is 12.8. The first kappa shape index (κ1) is 25.8. The number of carbonyl (C=O) groups excluding carboxylic acids is 1. The van der Waals surface area contributed by atoms with Crippen LogP contribution in [0.5, 0.6) is 11.5 Å². The number of hydrogen-bond donors (Lipinski definition) is 1. The number of methoxy groups -OCH3 is 1. The maximum absolute atomic E-state index is 12.8. The summed E-state index contributed by atoms with van der Waals surface area (Å²) >= 11 is 11.0. The summed E-state index contributed by atoms with van der Waals surface area (Å²) in [6, 6.07) is 17.2. The van der Waals surface area contributed by atoms with E-state index in [1.807, 2.05) is 24.3 Å². The molecule has 1 aliphatic heterocycles. The molecule has 36 heavy (non-hydrogen) atoms. The minimum Gasteiger partial charge on any atom is -0.493 e. The van der Waals surface area contributed by atoms with Gasteiger partial charge in [0.1, 0.15) is 6.61 Å². The second-order valence-electron chi connectivity index (χ2n) is 7.64. The van der Waals surface area contributed by atoms with Crippen LogP contribution in [0.3, 0.4) is 0 Å². The van der Waals surface area contributed by atoms with E-state index >= 15 is 0 Å². The van der Waals surface area contributed by atoms with Crippen LogP contribution in [0, 0.1) is 0 Å². The number of nitrogens with zero attached hydrogens (tertiary/aromatic N) is 2. The fourth-order valence-electron chi connectivity index (χ4n) is 3.32. The molecule has 0 radical (unpaired) electrons. The van der Waals surface area contributed by atoms with E-state index in [4.69, 9.17) is 26.2 Å². The van der Waals surface area contributed by atoms with Crippen molar-refractivity contribution in [2.24, 2.45) is 4.99 Å². The van der Waals surface area contributed by atoms with Crippen LogP contribution in [0.25, 0.3) is 6.08 Å². The summed E-state index contributed by atoms with van der Waals surface area (Å²) < 4.78 is 12.2. The Labute approximate surface area is 225 Å². The summed E-state index contributed by atoms with van der Waals surface area (Å²) in [6.45, 7) is 0.265. The highest BCUT2D eigenvalue weighted by Crippen LogP contribution is 2.40. The Morgan fingerprint density at radius 1 is 1.19 bits per heavy atom. The highest BCUT2D eigenvalue weighted by molar-refractivity contribution is 9.10. The van der Waals surface area contributed by atoms with Gasteiger partial charge < -0.3 is 14.6 Å². The molecule has 184 valence electrons. The molecule has 1 N–H and O–H groups in total. The molecule has 3 aromatic rings. The lowest BCUT2D eigenvalue weighted by Gasteiger charge is -2.14. The van der Waals surface area contributed by atoms with Crippen molar-refractivity contribution in [3.63, 3.8) is 0 Å². The summed E-state index contributed by atoms with van der Waals surface area (Å²) in [5.41, 5.74) is 2.30. The third-order valence-corrected chi connectivity index (χ3v) is 7.24. The SMILES string of the molecule is COc1cc(C=C2SC(=Nc3ccc(C(=O)O)cc3)N(C)C2=O)cc(Br)c1OCc1ccccc1Cl. The van der Waals surface area contributed by atoms with Crippen molar-refractivity contribution < 1.29 is 24.2 Å². The van der Waals surface area contributed by atoms with Crippen molar-refractivity contribution in [3.05, 3.63) is 91.8 Å². The topological polar surface area (TPSA) is 88.4 Å². The van der Waals surface area contributed by atoms with Gasteiger partial charge in [-0.3, -0.25) is 9.69 Å². The first-order valence-corrected chi connectivity index (χ1v) is 12.6. The van der Waals surface area contributed by atoms with E-state index in [2.05, 4.69) is 20.9 Å². The number of amides is 1. The quantitative estimate of drug-likeness (QED) is 0.313. The number of carbonyl (C=O) groups is 2. The minimum absolute atomic E-state index is 0.168. The molecule has 10 heteroatoms. The van der Waals surface area contributed by atoms with Gasteiger partial charge in [-0.2, -0.15) is 0 Å². The monoisotopic (exact) mass is 586 g/mol. The molecular weight excluding hydrogens is 568 g/mol. The van der Waals surface area contributed by atoms with Gasteiger partial charge in [-0.15, -0.1) is 0 Å². The van der Waals surface area contributed by atoms with Crippen LogP contribution in [0.1, 0.15) is 21.5 Å². The highest BCUT2D eigenvalue weighted by atomic mass is 79.9. The Morgan fingerprint density at radius 3 is 2.58 bits per heavy atom. The molecule has 0 unspecified atom stereocenters. The van der Waals surface area contributed by atoms with Crippen LogP contribution in [0.4, 0.5) is 5.69 Å². The van der Waals surface area contributed by atoms with Gasteiger partial charge in [-0.05, 0) is 81.8 Å². The maximum Gasteiger partial charge on any atom is 0.335 e. The molecule has 1 fully saturated rings. The third-order valence-electron chi connectivity index (χ3n) is 5.22. The Hall–Kier alpha value is -3.27. The molecule has 7 nitrogen and oxygen atoms in total. The van der Waals surface area contributed by atoms with Gasteiger partial charge in [0.15, 0.2) is 16.7 Å². The van der Waals surface area contributed by atoms with Crippen molar-refractivity contribution in [2.75, 3.05) is 14.2 Å². The zero-order chi connectivity index (χ0) is 25.8. The van der Waals surface area contributed by atoms with Gasteiger partial charge >= 0.3 is 5.97 Å². The molecule has 0 aromatic heterocycles. The predicted molar refractivity (Wildman–Crippen MR) is 145 cm³/mol. The van der Waals surface area contributed by atoms with Crippen molar-refractivity contribution in [2.45, 2.75) is 6.61 Å². The second-order valence-corrected chi connectivity index (χ2v) is 9.91. The highest BCUT2D eigenvalue weighted by Gasteiger charge is 2.30. The van der Waals surface area contributed by atoms with Crippen molar-refractivity contribution in [3.8, 4) is 11.5 Å². The van der Waals surface area contributed by atoms with E-state index in [9.17, 15) is 9.59 Å². The Balaban J connectivity index is 1.56. The zero-order valence-electron chi connectivity index (χ0n) is 19.2. The largest absolute Gasteiger partial charge is 0.493 e. The molecule has 1 amide bonds. The molecule has 0 aliphatic carbocycles. The summed E-state index contributed by atoms with van der Waals surface area (Å²) in [7, 11) is 3.19. The van der Waals surface area contributed by atoms with Gasteiger partial charge in [0.05, 0.1) is 27.7 Å². The number of ether oxygens (including phenoxy) is 2. The van der Waals surface area contributed by atoms with Gasteiger partial charge in [0.2, 0.25) is 0 Å². The smallest absolute Gasteiger partial charge is 0.335 e. The van der Waals surface area contributed by atoms with Crippen LogP contribution in [0.2, 0.25) is 5.02 Å². The molecule has 0 atom stereocenters. The molecule has 0 spiro atoms. The standard InChI is InChI=1S/C26H20BrClN2O5S/c1-30-24(31)22(36-26(30)29-18-9-7-16(8-10-18)25(32)33)13-15-11-19(27)23(21(12-15)34-2)35-14-17-5-3-4-6-20(17)28/h3-13H,14H2,1-2H3,(H,32,33). The van der Waals surface area contributed by atoms with Crippen molar-refractivity contribution in [1.82, 2.24) is 4.90 Å². The van der Waals surface area contributed by atoms with E-state index in [1.165, 1.54) is 28.8 Å². The van der Waals surface area contributed by atoms with Crippen LogP contribution in [-0.2, 0) is 11.4 Å². The number of aliphatic imine (C=N–C) groups is 1. The van der Waals surface area contributed by atoms with Crippen LogP contribution in [-0.4, -0.2) is 41.2 Å². The molecule has 1 aliphatic rings. The van der Waals surface area contributed by atoms with E-state index in [0.29, 0.717) is 36.8 Å². The number of halogens is 2. The van der Waals surface area contributed by atoms with Gasteiger partial charge in [-0.25, -0.2) is 9.79 Å². The summed E-state index contributed by atoms with van der Waals surface area (Å²) in [4.78, 5) is 30.3. The van der Waals surface area contributed by atoms with Gasteiger partial charge in [0.25, 0.3) is 5.91 Å². The zero-order valence-corrected chi connectivity index (χ0v) is 22.4. The lowest BCUT2D eigenvalue weighted by molar-refractivity contribution is -0.121. The average Bonchev–Trinajstić information content (AvgIpc) is 3.12. The first-order chi connectivity index (χ1) is 17.3. The molecule has 4 rings (SSSR count). The Kier molecular flexibility index (Phi) is 8.03. The van der Waals surface area contributed by atoms with E-state index in [1.54, 1.807) is 44.5 Å². The lowest BCUT2D eigenvalue weighted by Crippen LogP contribution is -2.23. The van der Waals surface area contributed by atoms with Crippen LogP contribution >= 0.6 is 39.3 Å². The van der Waals surface area contributed by atoms with E-state index in [0.717, 1.165) is 11.1 Å². The fraction of sp³-hybridized carbons (Fsp3) is 0.115. The number of rotatable bonds is 7. The normalized spacial score (nSPS) is 15.6. The summed E-state index contributed by atoms with van der Waals surface area (Å²) in [5.74, 6) is -0.187. The molecule has 0 saturated carbocycles. The van der Waals surface area contributed by atoms with E-state index < -0.39 is 5.97 Å². The van der Waals surface area contributed by atoms with Gasteiger partial charge in [-0.1, -0.05) is 29.8 Å². The predicted octanol–water partition coefficient (Wildman–Crippen LogP) is 6.62. The second kappa shape index (κ2) is 11.2. The summed E-state index contributed by atoms with van der Waals surface area (Å²) in [6.07, 6.45) is 1.75. The van der Waals surface area contributed by atoms with Crippen LogP contribution in [0.15, 0.2) is 75.0 Å². The third kappa shape index (κ3) is 5.75. The molecular formula is C26H20BrClN2O5S. The fourth-order valence-corrected chi connectivity index (χ4v) is 5.07. The average molecular weight is 588 g/mol. The van der Waals surface area contributed by atoms with Crippen molar-refractivity contribution >= 4 is 68.1 Å². The number of carboxylic acids is 1. The molecule has 0 bridgehead atoms. The number of likely N-dealkylation sites (N-methyl/N-ethyl adjacent to an activating group) is 1. The Bertz CT molecular complexity index is 1390. The van der Waals surface area contributed by atoms with Gasteiger partial charge in [0, 0.05) is 17.6 Å². The number of thioether (sulfide) groups is 1. The van der Waals surface area contributed by atoms with E-state index in [-0.39, 0.29) is 18.1 Å². The number of benzene rings is 3. The molecule has 1 heterocycles. The number of carboxylic acid groups (broad SMARTS) is 1. The minimum atomic E-state index is -1.01. The molecule has 1 saturated heterocycles. The number of hydrogen-bond acceptors (Lipinski definition) is 6. The first-order valence-electron chi connectivity index (χ1n) is 10.6. The molecule has 3 aromatic carbocycles. The lowest BCUT2D eigenvalue weighted by atomic mass is 10.1. The van der Waals surface area contributed by atoms with Crippen molar-refractivity contribution in [1.29, 1.82) is 0 Å². The summed E-state index contributed by atoms with van der Waals surface area (Å²) in [5, 5.41) is 10.2. The Morgan fingerprint density at radius 2 is 1.92 bits per heavy atom. The number of amidine groups is 1. The number of aromatic carboxylic acids is 1. The van der Waals surface area contributed by atoms with Crippen LogP contribution < -0.4 is 9.47 Å².